The average molecular weight is 389 g/mol. The van der Waals surface area contributed by atoms with E-state index in [0.29, 0.717) is 18.3 Å². The first-order valence-corrected chi connectivity index (χ1v) is 10.7. The van der Waals surface area contributed by atoms with E-state index < -0.39 is 12.6 Å². The number of oxime groups is 1. The Morgan fingerprint density at radius 1 is 1.25 bits per heavy atom. The molecular weight excluding hydrogens is 358 g/mol. The highest BCUT2D eigenvalue weighted by atomic mass is 16.6. The molecule has 0 aromatic carbocycles. The van der Waals surface area contributed by atoms with E-state index in [2.05, 4.69) is 25.1 Å². The van der Waals surface area contributed by atoms with Crippen molar-refractivity contribution in [3.05, 3.63) is 11.6 Å². The number of epoxide rings is 1. The largest absolute Gasteiger partial charge is 0.479 e. The first-order chi connectivity index (χ1) is 13.3. The van der Waals surface area contributed by atoms with Crippen LogP contribution in [0.1, 0.15) is 58.8 Å². The topological polar surface area (TPSA) is 91.7 Å². The lowest BCUT2D eigenvalue weighted by Gasteiger charge is -2.57. The molecule has 5 aliphatic rings. The van der Waals surface area contributed by atoms with Crippen LogP contribution in [-0.2, 0) is 14.4 Å². The molecule has 1 spiro atoms. The number of rotatable bonds is 3. The number of nitrogens with zero attached hydrogens (tertiary/aromatic N) is 1. The van der Waals surface area contributed by atoms with Gasteiger partial charge in [0, 0.05) is 11.3 Å². The lowest BCUT2D eigenvalue weighted by molar-refractivity contribution is -0.142. The molecule has 28 heavy (non-hydrogen) atoms. The second-order valence-corrected chi connectivity index (χ2v) is 10.2. The summed E-state index contributed by atoms with van der Waals surface area (Å²) in [5, 5.41) is 23.6. The highest BCUT2D eigenvalue weighted by Gasteiger charge is 2.70. The molecule has 0 aromatic rings. The predicted molar refractivity (Wildman–Crippen MR) is 103 cm³/mol. The number of carboxylic acids is 1. The van der Waals surface area contributed by atoms with Crippen LogP contribution in [0.15, 0.2) is 16.8 Å². The molecule has 1 heterocycles. The highest BCUT2D eigenvalue weighted by molar-refractivity contribution is 5.99. The van der Waals surface area contributed by atoms with E-state index in [1.54, 1.807) is 0 Å². The Labute approximate surface area is 166 Å². The van der Waals surface area contributed by atoms with Gasteiger partial charge in [-0.2, -0.15) is 0 Å². The minimum Gasteiger partial charge on any atom is -0.479 e. The van der Waals surface area contributed by atoms with Gasteiger partial charge in [-0.05, 0) is 68.3 Å². The van der Waals surface area contributed by atoms with Crippen LogP contribution in [0.4, 0.5) is 0 Å². The molecule has 2 N–H and O–H groups in total. The predicted octanol–water partition coefficient (Wildman–Crippen LogP) is 3.15. The molecule has 4 aliphatic carbocycles. The van der Waals surface area contributed by atoms with E-state index >= 15 is 0 Å². The molecule has 6 nitrogen and oxygen atoms in total. The Balaban J connectivity index is 1.55. The molecular formula is C22H31NO5. The number of fused-ring (bicyclic) bond motifs is 6. The third-order valence-corrected chi connectivity index (χ3v) is 9.08. The van der Waals surface area contributed by atoms with Crippen molar-refractivity contribution in [3.8, 4) is 0 Å². The number of allylic oxidation sites excluding steroid dienone is 1. The Morgan fingerprint density at radius 2 is 2.00 bits per heavy atom. The molecule has 154 valence electrons. The first-order valence-electron chi connectivity index (χ1n) is 10.7. The average Bonchev–Trinajstić information content (AvgIpc) is 3.37. The minimum atomic E-state index is -1.01. The van der Waals surface area contributed by atoms with E-state index in [4.69, 9.17) is 14.7 Å². The van der Waals surface area contributed by atoms with E-state index in [-0.39, 0.29) is 28.5 Å². The van der Waals surface area contributed by atoms with Crippen molar-refractivity contribution in [2.45, 2.75) is 70.5 Å². The van der Waals surface area contributed by atoms with Crippen molar-refractivity contribution in [2.24, 2.45) is 33.7 Å². The maximum atomic E-state index is 10.9. The normalized spacial score (nSPS) is 50.5. The van der Waals surface area contributed by atoms with Gasteiger partial charge in [0.15, 0.2) is 0 Å². The van der Waals surface area contributed by atoms with Crippen molar-refractivity contribution in [1.29, 1.82) is 0 Å². The highest BCUT2D eigenvalue weighted by Crippen LogP contribution is 2.70. The van der Waals surface area contributed by atoms with Gasteiger partial charge in [-0.3, -0.25) is 0 Å². The SMILES string of the molecule is C[C@]12CC[C@H](O)CC1=C/C(=N/OCC(=O)O)C1C2CC[C@@]2(C)C1CC[C@@]21CO1. The van der Waals surface area contributed by atoms with E-state index in [1.807, 2.05) is 0 Å². The molecule has 0 amide bonds. The zero-order valence-electron chi connectivity index (χ0n) is 16.8. The van der Waals surface area contributed by atoms with Gasteiger partial charge < -0.3 is 19.8 Å². The molecule has 6 heteroatoms. The van der Waals surface area contributed by atoms with Crippen molar-refractivity contribution in [1.82, 2.24) is 0 Å². The number of hydrogen-bond donors (Lipinski definition) is 2. The summed E-state index contributed by atoms with van der Waals surface area (Å²) in [6, 6.07) is 0. The molecule has 0 aromatic heterocycles. The van der Waals surface area contributed by atoms with Gasteiger partial charge in [-0.1, -0.05) is 24.6 Å². The molecule has 5 rings (SSSR count). The minimum absolute atomic E-state index is 0.0589. The van der Waals surface area contributed by atoms with E-state index in [9.17, 15) is 9.90 Å². The number of aliphatic carboxylic acids is 1. The molecule has 0 bridgehead atoms. The molecule has 3 saturated carbocycles. The summed E-state index contributed by atoms with van der Waals surface area (Å²) in [7, 11) is 0. The zero-order valence-corrected chi connectivity index (χ0v) is 16.8. The maximum absolute atomic E-state index is 10.9. The maximum Gasteiger partial charge on any atom is 0.344 e. The second kappa shape index (κ2) is 6.05. The van der Waals surface area contributed by atoms with Gasteiger partial charge in [-0.15, -0.1) is 0 Å². The lowest BCUT2D eigenvalue weighted by Crippen LogP contribution is -2.54. The summed E-state index contributed by atoms with van der Waals surface area (Å²) in [6.07, 6.45) is 8.95. The third kappa shape index (κ3) is 2.46. The van der Waals surface area contributed by atoms with E-state index in [1.165, 1.54) is 12.0 Å². The van der Waals surface area contributed by atoms with Gasteiger partial charge in [0.05, 0.1) is 24.0 Å². The molecule has 1 aliphatic heterocycles. The summed E-state index contributed by atoms with van der Waals surface area (Å²) in [5.41, 5.74) is 2.48. The van der Waals surface area contributed by atoms with Gasteiger partial charge in [0.2, 0.25) is 6.61 Å². The quantitative estimate of drug-likeness (QED) is 0.571. The van der Waals surface area contributed by atoms with Gasteiger partial charge in [0.25, 0.3) is 0 Å². The summed E-state index contributed by atoms with van der Waals surface area (Å²) >= 11 is 0. The van der Waals surface area contributed by atoms with Gasteiger partial charge in [-0.25, -0.2) is 4.79 Å². The first kappa shape index (κ1) is 18.6. The number of aliphatic hydroxyl groups excluding tert-OH is 1. The summed E-state index contributed by atoms with van der Waals surface area (Å²) in [4.78, 5) is 16.1. The zero-order chi connectivity index (χ0) is 19.7. The van der Waals surface area contributed by atoms with Crippen LogP contribution in [0.5, 0.6) is 0 Å². The monoisotopic (exact) mass is 389 g/mol. The van der Waals surface area contributed by atoms with Crippen molar-refractivity contribution < 1.29 is 24.6 Å². The molecule has 7 atom stereocenters. The lowest BCUT2D eigenvalue weighted by atomic mass is 9.47. The molecule has 0 radical (unpaired) electrons. The van der Waals surface area contributed by atoms with Crippen molar-refractivity contribution >= 4 is 11.7 Å². The number of carbonyl (C=O) groups is 1. The number of hydrogen-bond acceptors (Lipinski definition) is 5. The molecule has 1 saturated heterocycles. The summed E-state index contributed by atoms with van der Waals surface area (Å²) in [5.74, 6) is 0.226. The van der Waals surface area contributed by atoms with Gasteiger partial charge >= 0.3 is 5.97 Å². The van der Waals surface area contributed by atoms with Crippen LogP contribution in [0.3, 0.4) is 0 Å². The van der Waals surface area contributed by atoms with Crippen LogP contribution < -0.4 is 0 Å². The fraction of sp³-hybridized carbons (Fsp3) is 0.818. The van der Waals surface area contributed by atoms with Crippen LogP contribution >= 0.6 is 0 Å². The standard InChI is InChI=1S/C22H31NO5/c1-20-6-3-14(24)9-13(20)10-17(23-28-11-18(25)26)19-15(20)4-7-21(2)16(19)5-8-22(21)12-27-22/h10,14-16,19,24H,3-9,11-12H2,1-2H3,(H,25,26)/b23-17-/t14-,15?,16?,19?,20-,21-,22+/m0/s1. The van der Waals surface area contributed by atoms with Crippen molar-refractivity contribution in [2.75, 3.05) is 13.2 Å². The fourth-order valence-electron chi connectivity index (χ4n) is 7.31. The van der Waals surface area contributed by atoms with Crippen LogP contribution in [-0.4, -0.2) is 46.8 Å². The Bertz CT molecular complexity index is 756. The van der Waals surface area contributed by atoms with E-state index in [0.717, 1.165) is 44.4 Å². The van der Waals surface area contributed by atoms with Crippen LogP contribution in [0, 0.1) is 28.6 Å². The Morgan fingerprint density at radius 3 is 2.71 bits per heavy atom. The van der Waals surface area contributed by atoms with Gasteiger partial charge in [0.1, 0.15) is 0 Å². The van der Waals surface area contributed by atoms with Crippen LogP contribution in [0.25, 0.3) is 0 Å². The van der Waals surface area contributed by atoms with Crippen molar-refractivity contribution in [3.63, 3.8) is 0 Å². The number of ether oxygens (including phenoxy) is 1. The molecule has 4 fully saturated rings. The Hall–Kier alpha value is -1.40. The number of carboxylic acid groups (broad SMARTS) is 1. The summed E-state index contributed by atoms with van der Waals surface area (Å²) < 4.78 is 6.01. The van der Waals surface area contributed by atoms with Crippen LogP contribution in [0.2, 0.25) is 0 Å². The molecule has 3 unspecified atom stereocenters. The third-order valence-electron chi connectivity index (χ3n) is 9.08. The second-order valence-electron chi connectivity index (χ2n) is 10.2. The fourth-order valence-corrected chi connectivity index (χ4v) is 7.31. The number of aliphatic hydroxyl groups is 1. The summed E-state index contributed by atoms with van der Waals surface area (Å²) in [6.45, 7) is 5.23. The smallest absolute Gasteiger partial charge is 0.344 e. The Kier molecular flexibility index (Phi) is 4.02.